The van der Waals surface area contributed by atoms with Crippen molar-refractivity contribution in [1.82, 2.24) is 26.3 Å². The Kier molecular flexibility index (Phi) is 6.69. The summed E-state index contributed by atoms with van der Waals surface area (Å²) >= 11 is 0. The highest BCUT2D eigenvalue weighted by Gasteiger charge is 2.47. The molecule has 4 aliphatic rings. The second-order valence-corrected chi connectivity index (χ2v) is 10.6. The highest BCUT2D eigenvalue weighted by atomic mass is 16.5. The van der Waals surface area contributed by atoms with Crippen molar-refractivity contribution in [3.63, 3.8) is 0 Å². The number of nitrogens with zero attached hydrogens (tertiary/aromatic N) is 2. The number of hydrogen-bond donors (Lipinski definition) is 4. The molecule has 0 aromatic carbocycles. The minimum absolute atomic E-state index is 0.180. The molecular weight excluding hydrogens is 400 g/mol. The molecule has 3 aliphatic heterocycles. The van der Waals surface area contributed by atoms with Crippen LogP contribution in [0.15, 0.2) is 24.4 Å². The molecule has 176 valence electrons. The largest absolute Gasteiger partial charge is 0.377 e. The van der Waals surface area contributed by atoms with Gasteiger partial charge in [-0.05, 0) is 61.3 Å². The number of pyridine rings is 1. The van der Waals surface area contributed by atoms with Gasteiger partial charge in [0, 0.05) is 43.6 Å². The molecule has 4 heterocycles. The summed E-state index contributed by atoms with van der Waals surface area (Å²) in [4.78, 5) is 7.08. The van der Waals surface area contributed by atoms with E-state index in [9.17, 15) is 0 Å². The van der Waals surface area contributed by atoms with Gasteiger partial charge in [0.1, 0.15) is 5.82 Å². The summed E-state index contributed by atoms with van der Waals surface area (Å²) in [6, 6.07) is 4.34. The molecule has 2 saturated heterocycles. The summed E-state index contributed by atoms with van der Waals surface area (Å²) in [6.07, 6.45) is 10.1. The third kappa shape index (κ3) is 4.81. The zero-order valence-electron chi connectivity index (χ0n) is 19.7. The van der Waals surface area contributed by atoms with Crippen LogP contribution in [0.3, 0.4) is 0 Å². The lowest BCUT2D eigenvalue weighted by molar-refractivity contribution is 0.0153. The summed E-state index contributed by atoms with van der Waals surface area (Å²) in [7, 11) is 0. The Bertz CT molecular complexity index is 788. The number of hydrogen-bond acceptors (Lipinski definition) is 7. The van der Waals surface area contributed by atoms with Crippen molar-refractivity contribution >= 4 is 11.5 Å². The van der Waals surface area contributed by atoms with E-state index >= 15 is 0 Å². The van der Waals surface area contributed by atoms with E-state index < -0.39 is 0 Å². The summed E-state index contributed by atoms with van der Waals surface area (Å²) in [5.41, 5.74) is 2.65. The number of aromatic nitrogens is 1. The smallest absolute Gasteiger partial charge is 0.128 e. The SMILES string of the molecule is CC1(C)COC2C(CCNC3C=C(c4ccc(N5CCNCC5)nc4)NCN3)CCCC21. The second-order valence-electron chi connectivity index (χ2n) is 10.6. The van der Waals surface area contributed by atoms with Crippen molar-refractivity contribution in [3.8, 4) is 0 Å². The van der Waals surface area contributed by atoms with Crippen molar-refractivity contribution < 1.29 is 4.74 Å². The Morgan fingerprint density at radius 2 is 2.09 bits per heavy atom. The Hall–Kier alpha value is -1.67. The summed E-state index contributed by atoms with van der Waals surface area (Å²) in [5, 5.41) is 14.1. The first-order valence-corrected chi connectivity index (χ1v) is 12.6. The van der Waals surface area contributed by atoms with Crippen LogP contribution in [0.1, 0.15) is 45.1 Å². The predicted octanol–water partition coefficient (Wildman–Crippen LogP) is 2.13. The van der Waals surface area contributed by atoms with Gasteiger partial charge in [-0.15, -0.1) is 0 Å². The number of anilines is 1. The van der Waals surface area contributed by atoms with E-state index in [4.69, 9.17) is 9.72 Å². The van der Waals surface area contributed by atoms with Crippen LogP contribution in [0.4, 0.5) is 5.82 Å². The molecule has 4 atom stereocenters. The van der Waals surface area contributed by atoms with Gasteiger partial charge in [-0.1, -0.05) is 20.3 Å². The van der Waals surface area contributed by atoms with E-state index in [1.165, 1.54) is 25.7 Å². The molecule has 5 rings (SSSR count). The topological polar surface area (TPSA) is 73.5 Å². The molecule has 1 aromatic heterocycles. The van der Waals surface area contributed by atoms with Crippen LogP contribution in [-0.2, 0) is 4.74 Å². The van der Waals surface area contributed by atoms with Crippen molar-refractivity contribution in [2.24, 2.45) is 17.3 Å². The van der Waals surface area contributed by atoms with Crippen LogP contribution in [-0.4, -0.2) is 63.3 Å². The zero-order chi connectivity index (χ0) is 22.0. The van der Waals surface area contributed by atoms with E-state index in [0.717, 1.165) is 69.0 Å². The molecule has 4 N–H and O–H groups in total. The van der Waals surface area contributed by atoms with Crippen molar-refractivity contribution in [2.75, 3.05) is 50.9 Å². The van der Waals surface area contributed by atoms with E-state index in [0.29, 0.717) is 17.4 Å². The van der Waals surface area contributed by atoms with Crippen LogP contribution < -0.4 is 26.2 Å². The number of ether oxygens (including phenoxy) is 1. The lowest BCUT2D eigenvalue weighted by Gasteiger charge is -2.37. The monoisotopic (exact) mass is 440 g/mol. The van der Waals surface area contributed by atoms with Crippen LogP contribution in [0.5, 0.6) is 0 Å². The molecule has 0 bridgehead atoms. The maximum atomic E-state index is 6.28. The fourth-order valence-corrected chi connectivity index (χ4v) is 5.99. The van der Waals surface area contributed by atoms with Crippen molar-refractivity contribution in [1.29, 1.82) is 0 Å². The van der Waals surface area contributed by atoms with E-state index in [-0.39, 0.29) is 6.17 Å². The molecule has 0 radical (unpaired) electrons. The Morgan fingerprint density at radius 1 is 1.22 bits per heavy atom. The standard InChI is InChI=1S/C25H40N6O/c1-25(2)16-32-24-18(4-3-5-20(24)25)8-9-27-22-14-21(29-17-30-22)19-6-7-23(28-15-19)31-12-10-26-11-13-31/h6-7,14-15,18,20,22,24,26-27,29-30H,3-5,8-13,16-17H2,1-2H3. The highest BCUT2D eigenvalue weighted by molar-refractivity contribution is 5.65. The minimum Gasteiger partial charge on any atom is -0.377 e. The lowest BCUT2D eigenvalue weighted by atomic mass is 9.68. The van der Waals surface area contributed by atoms with Crippen LogP contribution >= 0.6 is 0 Å². The Morgan fingerprint density at radius 3 is 2.91 bits per heavy atom. The predicted molar refractivity (Wildman–Crippen MR) is 129 cm³/mol. The molecule has 32 heavy (non-hydrogen) atoms. The molecular formula is C25H40N6O. The first kappa shape index (κ1) is 22.1. The van der Waals surface area contributed by atoms with Crippen molar-refractivity contribution in [2.45, 2.75) is 51.8 Å². The van der Waals surface area contributed by atoms with Gasteiger partial charge < -0.3 is 20.3 Å². The molecule has 4 unspecified atom stereocenters. The molecule has 0 amide bonds. The first-order valence-electron chi connectivity index (χ1n) is 12.6. The van der Waals surface area contributed by atoms with Gasteiger partial charge >= 0.3 is 0 Å². The van der Waals surface area contributed by atoms with Gasteiger partial charge in [0.05, 0.1) is 25.5 Å². The van der Waals surface area contributed by atoms with Crippen molar-refractivity contribution in [3.05, 3.63) is 30.0 Å². The van der Waals surface area contributed by atoms with Gasteiger partial charge in [0.25, 0.3) is 0 Å². The quantitative estimate of drug-likeness (QED) is 0.540. The number of fused-ring (bicyclic) bond motifs is 1. The number of piperazine rings is 1. The Balaban J connectivity index is 1.14. The van der Waals surface area contributed by atoms with E-state index in [1.54, 1.807) is 0 Å². The summed E-state index contributed by atoms with van der Waals surface area (Å²) < 4.78 is 6.28. The molecule has 3 fully saturated rings. The number of rotatable bonds is 6. The fraction of sp³-hybridized carbons (Fsp3) is 0.720. The third-order valence-electron chi connectivity index (χ3n) is 7.92. The average molecular weight is 441 g/mol. The molecule has 1 aliphatic carbocycles. The van der Waals surface area contributed by atoms with E-state index in [2.05, 4.69) is 58.2 Å². The maximum absolute atomic E-state index is 6.28. The van der Waals surface area contributed by atoms with E-state index in [1.807, 2.05) is 6.20 Å². The van der Waals surface area contributed by atoms with Crippen LogP contribution in [0.2, 0.25) is 0 Å². The molecule has 0 spiro atoms. The molecule has 7 heteroatoms. The Labute approximate surface area is 192 Å². The van der Waals surface area contributed by atoms with Gasteiger partial charge in [0.2, 0.25) is 0 Å². The van der Waals surface area contributed by atoms with Gasteiger partial charge in [-0.3, -0.25) is 10.6 Å². The fourth-order valence-electron chi connectivity index (χ4n) is 5.99. The highest BCUT2D eigenvalue weighted by Crippen LogP contribution is 2.48. The van der Waals surface area contributed by atoms with Crippen LogP contribution in [0.25, 0.3) is 5.70 Å². The average Bonchev–Trinajstić information content (AvgIpc) is 3.15. The number of nitrogens with one attached hydrogen (secondary N) is 4. The lowest BCUT2D eigenvalue weighted by Crippen LogP contribution is -2.49. The molecule has 1 saturated carbocycles. The van der Waals surface area contributed by atoms with Gasteiger partial charge in [-0.25, -0.2) is 4.98 Å². The third-order valence-corrected chi connectivity index (χ3v) is 7.92. The molecule has 7 nitrogen and oxygen atoms in total. The summed E-state index contributed by atoms with van der Waals surface area (Å²) in [5.74, 6) is 2.50. The van der Waals surface area contributed by atoms with Gasteiger partial charge in [-0.2, -0.15) is 0 Å². The van der Waals surface area contributed by atoms with Gasteiger partial charge in [0.15, 0.2) is 0 Å². The van der Waals surface area contributed by atoms with Crippen LogP contribution in [0, 0.1) is 17.3 Å². The zero-order valence-corrected chi connectivity index (χ0v) is 19.7. The summed E-state index contributed by atoms with van der Waals surface area (Å²) in [6.45, 7) is 11.6. The molecule has 1 aromatic rings. The first-order chi connectivity index (χ1) is 15.6. The minimum atomic E-state index is 0.180. The second kappa shape index (κ2) is 9.67. The normalized spacial score (nSPS) is 32.2. The maximum Gasteiger partial charge on any atom is 0.128 e.